The van der Waals surface area contributed by atoms with Crippen molar-refractivity contribution in [2.24, 2.45) is 5.92 Å². The van der Waals surface area contributed by atoms with E-state index in [1.54, 1.807) is 0 Å². The molecule has 0 radical (unpaired) electrons. The molecule has 27 heavy (non-hydrogen) atoms. The minimum absolute atomic E-state index is 0.0113. The van der Waals surface area contributed by atoms with Crippen LogP contribution in [-0.2, 0) is 9.59 Å². The number of likely N-dealkylation sites (tertiary alicyclic amines) is 1. The first-order valence-electron chi connectivity index (χ1n) is 10.1. The lowest BCUT2D eigenvalue weighted by Gasteiger charge is -2.34. The molecule has 1 aliphatic heterocycles. The molecule has 2 amide bonds. The lowest BCUT2D eigenvalue weighted by atomic mass is 9.89. The lowest BCUT2D eigenvalue weighted by molar-refractivity contribution is -0.137. The van der Waals surface area contributed by atoms with E-state index >= 15 is 0 Å². The van der Waals surface area contributed by atoms with Crippen LogP contribution in [0.2, 0.25) is 5.02 Å². The molecular weight excluding hydrogens is 360 g/mol. The Morgan fingerprint density at radius 2 is 1.89 bits per heavy atom. The largest absolute Gasteiger partial charge is 0.344 e. The highest BCUT2D eigenvalue weighted by Crippen LogP contribution is 2.29. The number of carbonyl (C=O) groups is 2. The topological polar surface area (TPSA) is 49.4 Å². The Hall–Kier alpha value is -1.81. The van der Waals surface area contributed by atoms with E-state index in [-0.39, 0.29) is 11.8 Å². The molecule has 146 valence electrons. The maximum absolute atomic E-state index is 12.9. The van der Waals surface area contributed by atoms with Crippen molar-refractivity contribution in [3.63, 3.8) is 0 Å². The second kappa shape index (κ2) is 9.41. The molecule has 1 aromatic rings. The zero-order valence-electron chi connectivity index (χ0n) is 16.0. The fourth-order valence-electron chi connectivity index (χ4n) is 4.08. The van der Waals surface area contributed by atoms with Crippen LogP contribution in [0.3, 0.4) is 0 Å². The Morgan fingerprint density at radius 1 is 1.19 bits per heavy atom. The SMILES string of the molecule is CCC(NC(=O)CC1C=CCC1)C(=O)N1CCC(c2ccc(Cl)cc2)CC1. The number of rotatable bonds is 6. The van der Waals surface area contributed by atoms with E-state index in [1.807, 2.05) is 24.0 Å². The van der Waals surface area contributed by atoms with Crippen molar-refractivity contribution in [1.82, 2.24) is 10.2 Å². The smallest absolute Gasteiger partial charge is 0.245 e. The summed E-state index contributed by atoms with van der Waals surface area (Å²) in [6, 6.07) is 7.61. The molecule has 1 fully saturated rings. The zero-order valence-corrected chi connectivity index (χ0v) is 16.8. The molecule has 1 saturated heterocycles. The number of nitrogens with one attached hydrogen (secondary N) is 1. The molecule has 0 aromatic heterocycles. The molecule has 1 heterocycles. The predicted molar refractivity (Wildman–Crippen MR) is 109 cm³/mol. The van der Waals surface area contributed by atoms with Crippen molar-refractivity contribution < 1.29 is 9.59 Å². The number of amides is 2. The van der Waals surface area contributed by atoms with Gasteiger partial charge in [-0.05, 0) is 61.6 Å². The number of hydrogen-bond acceptors (Lipinski definition) is 2. The Morgan fingerprint density at radius 3 is 2.48 bits per heavy atom. The van der Waals surface area contributed by atoms with Crippen LogP contribution >= 0.6 is 11.6 Å². The first-order valence-corrected chi connectivity index (χ1v) is 10.4. The quantitative estimate of drug-likeness (QED) is 0.738. The van der Waals surface area contributed by atoms with Crippen molar-refractivity contribution in [2.75, 3.05) is 13.1 Å². The molecule has 5 heteroatoms. The second-order valence-electron chi connectivity index (χ2n) is 7.65. The van der Waals surface area contributed by atoms with Gasteiger partial charge in [-0.15, -0.1) is 0 Å². The summed E-state index contributed by atoms with van der Waals surface area (Å²) in [6.45, 7) is 3.44. The third-order valence-electron chi connectivity index (χ3n) is 5.75. The summed E-state index contributed by atoms with van der Waals surface area (Å²) in [5, 5.41) is 3.71. The van der Waals surface area contributed by atoms with Gasteiger partial charge in [0.25, 0.3) is 0 Å². The highest BCUT2D eigenvalue weighted by Gasteiger charge is 2.29. The summed E-state index contributed by atoms with van der Waals surface area (Å²) in [7, 11) is 0. The maximum Gasteiger partial charge on any atom is 0.245 e. The van der Waals surface area contributed by atoms with Gasteiger partial charge < -0.3 is 10.2 Å². The molecule has 3 rings (SSSR count). The van der Waals surface area contributed by atoms with E-state index in [2.05, 4.69) is 29.6 Å². The lowest BCUT2D eigenvalue weighted by Crippen LogP contribution is -2.50. The van der Waals surface area contributed by atoms with Crippen molar-refractivity contribution in [1.29, 1.82) is 0 Å². The van der Waals surface area contributed by atoms with Crippen LogP contribution in [0, 0.1) is 5.92 Å². The number of benzene rings is 1. The van der Waals surface area contributed by atoms with Crippen molar-refractivity contribution in [2.45, 2.75) is 57.4 Å². The Bertz CT molecular complexity index is 678. The van der Waals surface area contributed by atoms with Gasteiger partial charge >= 0.3 is 0 Å². The fraction of sp³-hybridized carbons (Fsp3) is 0.545. The van der Waals surface area contributed by atoms with Crippen LogP contribution in [0.5, 0.6) is 0 Å². The van der Waals surface area contributed by atoms with Gasteiger partial charge in [0.15, 0.2) is 0 Å². The van der Waals surface area contributed by atoms with Crippen molar-refractivity contribution in [3.05, 3.63) is 47.0 Å². The number of halogens is 1. The molecule has 2 atom stereocenters. The number of carbonyl (C=O) groups excluding carboxylic acids is 2. The Kier molecular flexibility index (Phi) is 6.95. The first kappa shape index (κ1) is 19.9. The summed E-state index contributed by atoms with van der Waals surface area (Å²) in [5.41, 5.74) is 1.29. The normalized spacial score (nSPS) is 21.3. The van der Waals surface area contributed by atoms with Crippen molar-refractivity contribution >= 4 is 23.4 Å². The van der Waals surface area contributed by atoms with E-state index in [4.69, 9.17) is 11.6 Å². The van der Waals surface area contributed by atoms with Crippen LogP contribution in [-0.4, -0.2) is 35.8 Å². The van der Waals surface area contributed by atoms with Crippen LogP contribution in [0.15, 0.2) is 36.4 Å². The van der Waals surface area contributed by atoms with Gasteiger partial charge in [0.2, 0.25) is 11.8 Å². The van der Waals surface area contributed by atoms with E-state index in [9.17, 15) is 9.59 Å². The molecule has 1 aliphatic carbocycles. The molecule has 2 aliphatic rings. The van der Waals surface area contributed by atoms with Gasteiger partial charge in [0.1, 0.15) is 6.04 Å². The number of allylic oxidation sites excluding steroid dienone is 2. The van der Waals surface area contributed by atoms with Crippen LogP contribution in [0.4, 0.5) is 0 Å². The molecule has 2 unspecified atom stereocenters. The van der Waals surface area contributed by atoms with Gasteiger partial charge in [0.05, 0.1) is 0 Å². The molecule has 0 saturated carbocycles. The zero-order chi connectivity index (χ0) is 19.2. The predicted octanol–water partition coefficient (Wildman–Crippen LogP) is 4.30. The molecule has 1 N–H and O–H groups in total. The van der Waals surface area contributed by atoms with Crippen molar-refractivity contribution in [3.8, 4) is 0 Å². The first-order chi connectivity index (χ1) is 13.1. The average molecular weight is 389 g/mol. The summed E-state index contributed by atoms with van der Waals surface area (Å²) < 4.78 is 0. The number of hydrogen-bond donors (Lipinski definition) is 1. The minimum Gasteiger partial charge on any atom is -0.344 e. The maximum atomic E-state index is 12.9. The summed E-state index contributed by atoms with van der Waals surface area (Å²) in [5.74, 6) is 0.841. The molecule has 4 nitrogen and oxygen atoms in total. The summed E-state index contributed by atoms with van der Waals surface area (Å²) >= 11 is 5.97. The second-order valence-corrected chi connectivity index (χ2v) is 8.09. The van der Waals surface area contributed by atoms with Gasteiger partial charge in [-0.2, -0.15) is 0 Å². The average Bonchev–Trinajstić information content (AvgIpc) is 3.19. The Balaban J connectivity index is 1.49. The van der Waals surface area contributed by atoms with E-state index in [0.717, 1.165) is 43.8 Å². The monoisotopic (exact) mass is 388 g/mol. The standard InChI is InChI=1S/C22H29ClN2O2/c1-2-20(24-21(26)15-16-5-3-4-6-16)22(27)25-13-11-18(12-14-25)17-7-9-19(23)10-8-17/h3,5,7-10,16,18,20H,2,4,6,11-15H2,1H3,(H,24,26). The highest BCUT2D eigenvalue weighted by molar-refractivity contribution is 6.30. The van der Waals surface area contributed by atoms with Gasteiger partial charge in [0, 0.05) is 24.5 Å². The van der Waals surface area contributed by atoms with Gasteiger partial charge in [-0.3, -0.25) is 9.59 Å². The van der Waals surface area contributed by atoms with E-state index < -0.39 is 6.04 Å². The summed E-state index contributed by atoms with van der Waals surface area (Å²) in [4.78, 5) is 27.1. The van der Waals surface area contributed by atoms with Crippen LogP contribution < -0.4 is 5.32 Å². The Labute approximate surface area is 167 Å². The van der Waals surface area contributed by atoms with Crippen LogP contribution in [0.25, 0.3) is 0 Å². The molecule has 0 spiro atoms. The van der Waals surface area contributed by atoms with Crippen LogP contribution in [0.1, 0.15) is 56.9 Å². The van der Waals surface area contributed by atoms with E-state index in [1.165, 1.54) is 5.56 Å². The molecule has 0 bridgehead atoms. The third-order valence-corrected chi connectivity index (χ3v) is 6.00. The number of piperidine rings is 1. The number of nitrogens with zero attached hydrogens (tertiary/aromatic N) is 1. The van der Waals surface area contributed by atoms with Gasteiger partial charge in [-0.1, -0.05) is 42.8 Å². The third kappa shape index (κ3) is 5.35. The molecule has 1 aromatic carbocycles. The molecular formula is C22H29ClN2O2. The van der Waals surface area contributed by atoms with E-state index in [0.29, 0.717) is 24.7 Å². The van der Waals surface area contributed by atoms with Gasteiger partial charge in [-0.25, -0.2) is 0 Å². The highest BCUT2D eigenvalue weighted by atomic mass is 35.5. The fourth-order valence-corrected chi connectivity index (χ4v) is 4.21. The summed E-state index contributed by atoms with van der Waals surface area (Å²) in [6.07, 6.45) is 9.35. The minimum atomic E-state index is -0.407.